The van der Waals surface area contributed by atoms with Crippen LogP contribution in [0.2, 0.25) is 0 Å². The molecule has 7 aromatic rings. The molecule has 276 valence electrons. The first-order valence-corrected chi connectivity index (χ1v) is 20.3. The minimum absolute atomic E-state index is 0.120. The summed E-state index contributed by atoms with van der Waals surface area (Å²) in [6, 6.07) is 42.8. The molecule has 3 nitrogen and oxygen atoms in total. The van der Waals surface area contributed by atoms with Crippen molar-refractivity contribution in [3.8, 4) is 39.1 Å². The van der Waals surface area contributed by atoms with E-state index in [4.69, 9.17) is 11.3 Å². The maximum absolute atomic E-state index is 6.91. The third kappa shape index (κ3) is 4.98. The summed E-state index contributed by atoms with van der Waals surface area (Å²) in [7, 11) is 0. The van der Waals surface area contributed by atoms with Crippen LogP contribution < -0.4 is 9.64 Å². The zero-order valence-electron chi connectivity index (χ0n) is 32.7. The van der Waals surface area contributed by atoms with Gasteiger partial charge in [0.25, 0.3) is 0 Å². The molecule has 0 fully saturated rings. The third-order valence-corrected chi connectivity index (χ3v) is 12.8. The molecule has 2 aliphatic heterocycles. The Hall–Kier alpha value is -6.58. The number of rotatable bonds is 6. The molecule has 1 aromatic heterocycles. The molecular formula is C54H44N2O. The predicted octanol–water partition coefficient (Wildman–Crippen LogP) is 13.8. The first-order valence-electron chi connectivity index (χ1n) is 20.3. The molecule has 6 aromatic carbocycles. The lowest BCUT2D eigenvalue weighted by Gasteiger charge is -2.27. The molecule has 0 saturated heterocycles. The van der Waals surface area contributed by atoms with Gasteiger partial charge in [-0.15, -0.1) is 0 Å². The van der Waals surface area contributed by atoms with Gasteiger partial charge in [0.2, 0.25) is 0 Å². The fourth-order valence-electron chi connectivity index (χ4n) is 10.3. The van der Waals surface area contributed by atoms with Crippen molar-refractivity contribution in [3.63, 3.8) is 0 Å². The molecule has 0 amide bonds. The van der Waals surface area contributed by atoms with E-state index in [2.05, 4.69) is 188 Å². The molecule has 0 saturated carbocycles. The van der Waals surface area contributed by atoms with Gasteiger partial charge in [0.15, 0.2) is 6.23 Å². The second kappa shape index (κ2) is 13.0. The summed E-state index contributed by atoms with van der Waals surface area (Å²) < 4.78 is 9.48. The average Bonchev–Trinajstić information content (AvgIpc) is 3.96. The Labute approximate surface area is 334 Å². The van der Waals surface area contributed by atoms with Crippen molar-refractivity contribution in [1.29, 1.82) is 0 Å². The number of anilines is 1. The van der Waals surface area contributed by atoms with Gasteiger partial charge in [-0.3, -0.25) is 0 Å². The van der Waals surface area contributed by atoms with Crippen LogP contribution in [0.4, 0.5) is 5.69 Å². The smallest absolute Gasteiger partial charge is 0.187 e. The highest BCUT2D eigenvalue weighted by Gasteiger charge is 2.47. The maximum atomic E-state index is 6.91. The van der Waals surface area contributed by atoms with Crippen molar-refractivity contribution in [1.82, 2.24) is 4.57 Å². The van der Waals surface area contributed by atoms with Crippen molar-refractivity contribution in [2.75, 3.05) is 4.90 Å². The van der Waals surface area contributed by atoms with Gasteiger partial charge < -0.3 is 14.2 Å². The fraction of sp³-hybridized carbons (Fsp3) is 0.148. The third-order valence-electron chi connectivity index (χ3n) is 12.8. The van der Waals surface area contributed by atoms with Gasteiger partial charge in [-0.2, -0.15) is 0 Å². The number of ether oxygens (including phenoxy) is 1. The van der Waals surface area contributed by atoms with E-state index in [0.29, 0.717) is 5.92 Å². The lowest BCUT2D eigenvalue weighted by Crippen LogP contribution is -2.35. The number of hydrogen-bond donors (Lipinski definition) is 0. The molecule has 3 unspecified atom stereocenters. The van der Waals surface area contributed by atoms with E-state index in [9.17, 15) is 0 Å². The second-order valence-electron chi connectivity index (χ2n) is 15.9. The lowest BCUT2D eigenvalue weighted by molar-refractivity contribution is 0.230. The van der Waals surface area contributed by atoms with E-state index in [1.54, 1.807) is 0 Å². The van der Waals surface area contributed by atoms with E-state index in [-0.39, 0.29) is 12.1 Å². The summed E-state index contributed by atoms with van der Waals surface area (Å²) >= 11 is 0. The minimum atomic E-state index is -0.120. The molecule has 0 spiro atoms. The Kier molecular flexibility index (Phi) is 7.69. The van der Waals surface area contributed by atoms with Crippen molar-refractivity contribution >= 4 is 32.9 Å². The molecule has 2 aliphatic carbocycles. The van der Waals surface area contributed by atoms with Crippen LogP contribution in [0.15, 0.2) is 170 Å². The molecule has 11 rings (SSSR count). The topological polar surface area (TPSA) is 17.4 Å². The van der Waals surface area contributed by atoms with Gasteiger partial charge in [-0.05, 0) is 118 Å². The summed E-state index contributed by atoms with van der Waals surface area (Å²) in [5, 5.41) is 3.79. The number of aryl methyl sites for hydroxylation is 1. The standard InChI is InChI=1S/C54H44N2O/c1-5-15-38(6-2)56-48-23-13-12-21-44(48)51-45-27-25-37(31-49(45)57-54(51)56)40-29-28-39(41-19-10-11-20-42(40)41)36-24-26-43-47(30-36)34(4)53-50(43)46-22-14-16-33(3)52(46)55(53)32-35-17-8-7-9-18-35/h5-17,19-31,35,51,54H,4,18,32H2,1-3H3/b15-5-,38-6+. The van der Waals surface area contributed by atoms with E-state index in [1.165, 1.54) is 83.1 Å². The Morgan fingerprint density at radius 1 is 0.754 bits per heavy atom. The second-order valence-corrected chi connectivity index (χ2v) is 15.9. The molecule has 3 heterocycles. The molecular weight excluding hydrogens is 693 g/mol. The number of hydrogen-bond acceptors (Lipinski definition) is 2. The van der Waals surface area contributed by atoms with E-state index in [1.807, 2.05) is 0 Å². The number of allylic oxidation sites excluding steroid dienone is 7. The number of benzene rings is 6. The highest BCUT2D eigenvalue weighted by molar-refractivity contribution is 6.13. The van der Waals surface area contributed by atoms with Gasteiger partial charge in [-0.1, -0.05) is 140 Å². The highest BCUT2D eigenvalue weighted by Crippen LogP contribution is 2.55. The van der Waals surface area contributed by atoms with Gasteiger partial charge in [0.05, 0.1) is 17.1 Å². The van der Waals surface area contributed by atoms with Crippen molar-refractivity contribution in [3.05, 3.63) is 198 Å². The van der Waals surface area contributed by atoms with Crippen LogP contribution in [-0.2, 0) is 6.54 Å². The summed E-state index contributed by atoms with van der Waals surface area (Å²) in [5.74, 6) is 1.58. The summed E-state index contributed by atoms with van der Waals surface area (Å²) in [5.41, 5.74) is 18.6. The van der Waals surface area contributed by atoms with E-state index < -0.39 is 0 Å². The molecule has 3 heteroatoms. The van der Waals surface area contributed by atoms with E-state index in [0.717, 1.165) is 35.5 Å². The largest absolute Gasteiger partial charge is 0.469 e. The normalized spacial score (nSPS) is 19.0. The SMILES string of the molecule is C=C1c2cc(-c3ccc(-c4ccc5c(c4)OC4C5c5ccccc5N4C(/C=C\C)=C/C)c4ccccc34)ccc2-c2c1n(CC1C=CC=CC1)c1c(C)cccc21. The average molecular weight is 737 g/mol. The van der Waals surface area contributed by atoms with Crippen molar-refractivity contribution in [2.24, 2.45) is 5.92 Å². The Morgan fingerprint density at radius 3 is 2.26 bits per heavy atom. The Balaban J connectivity index is 0.974. The summed E-state index contributed by atoms with van der Waals surface area (Å²) in [6.07, 6.45) is 16.4. The first kappa shape index (κ1) is 33.7. The molecule has 0 bridgehead atoms. The zero-order chi connectivity index (χ0) is 38.4. The summed E-state index contributed by atoms with van der Waals surface area (Å²) in [4.78, 5) is 2.36. The van der Waals surface area contributed by atoms with Crippen LogP contribution in [-0.4, -0.2) is 10.8 Å². The van der Waals surface area contributed by atoms with Crippen molar-refractivity contribution in [2.45, 2.75) is 45.9 Å². The van der Waals surface area contributed by atoms with E-state index >= 15 is 0 Å². The van der Waals surface area contributed by atoms with Crippen LogP contribution in [0, 0.1) is 12.8 Å². The Bertz CT molecular complexity index is 2970. The predicted molar refractivity (Wildman–Crippen MR) is 239 cm³/mol. The van der Waals surface area contributed by atoms with Gasteiger partial charge in [-0.25, -0.2) is 0 Å². The lowest BCUT2D eigenvalue weighted by atomic mass is 9.89. The van der Waals surface area contributed by atoms with Crippen molar-refractivity contribution < 1.29 is 4.74 Å². The first-order chi connectivity index (χ1) is 28.0. The number of fused-ring (bicyclic) bond motifs is 11. The summed E-state index contributed by atoms with van der Waals surface area (Å²) in [6.45, 7) is 12.1. The van der Waals surface area contributed by atoms with Crippen LogP contribution in [0.5, 0.6) is 5.75 Å². The molecule has 3 atom stereocenters. The number of para-hydroxylation sites is 2. The van der Waals surface area contributed by atoms with Crippen LogP contribution in [0.3, 0.4) is 0 Å². The van der Waals surface area contributed by atoms with Crippen LogP contribution >= 0.6 is 0 Å². The molecule has 57 heavy (non-hydrogen) atoms. The zero-order valence-corrected chi connectivity index (χ0v) is 32.7. The van der Waals surface area contributed by atoms with Crippen LogP contribution in [0.25, 0.3) is 60.6 Å². The highest BCUT2D eigenvalue weighted by atomic mass is 16.5. The molecule has 0 radical (unpaired) electrons. The van der Waals surface area contributed by atoms with Crippen LogP contribution in [0.1, 0.15) is 54.1 Å². The number of aromatic nitrogens is 1. The quantitative estimate of drug-likeness (QED) is 0.158. The molecule has 4 aliphatic rings. The Morgan fingerprint density at radius 2 is 1.49 bits per heavy atom. The molecule has 0 N–H and O–H groups in total. The van der Waals surface area contributed by atoms with Gasteiger partial charge in [0.1, 0.15) is 5.75 Å². The number of nitrogens with zero attached hydrogens (tertiary/aromatic N) is 2. The maximum Gasteiger partial charge on any atom is 0.187 e. The van der Waals surface area contributed by atoms with Gasteiger partial charge >= 0.3 is 0 Å². The fourth-order valence-corrected chi connectivity index (χ4v) is 10.3. The minimum Gasteiger partial charge on any atom is -0.469 e. The monoisotopic (exact) mass is 736 g/mol. The van der Waals surface area contributed by atoms with Gasteiger partial charge in [0, 0.05) is 34.4 Å².